The normalized spacial score (nSPS) is 17.0. The molecule has 2 aromatic heterocycles. The Morgan fingerprint density at radius 3 is 2.53 bits per heavy atom. The first-order valence-corrected chi connectivity index (χ1v) is 15.7. The fourth-order valence-electron chi connectivity index (χ4n) is 4.09. The lowest BCUT2D eigenvalue weighted by atomic mass is 9.98. The van der Waals surface area contributed by atoms with E-state index < -0.39 is 58.6 Å². The van der Waals surface area contributed by atoms with Crippen molar-refractivity contribution in [1.29, 1.82) is 5.41 Å². The summed E-state index contributed by atoms with van der Waals surface area (Å²) in [5.41, 5.74) is 16.8. The number of rotatable bonds is 16. The second-order valence-electron chi connectivity index (χ2n) is 9.59. The monoisotopic (exact) mass is 694 g/mol. The third kappa shape index (κ3) is 8.53. The van der Waals surface area contributed by atoms with Crippen LogP contribution in [0.15, 0.2) is 41.0 Å². The third-order valence-corrected chi connectivity index (χ3v) is 7.99. The number of nitrogens with one attached hydrogen (secondary N) is 3. The first-order chi connectivity index (χ1) is 22.3. The van der Waals surface area contributed by atoms with Gasteiger partial charge in [-0.05, 0) is 24.3 Å². The van der Waals surface area contributed by atoms with Gasteiger partial charge >= 0.3 is 16.3 Å². The van der Waals surface area contributed by atoms with Crippen molar-refractivity contribution >= 4 is 56.1 Å². The van der Waals surface area contributed by atoms with Crippen molar-refractivity contribution in [3.63, 3.8) is 0 Å². The molecule has 4 rings (SSSR count). The molecule has 21 nitrogen and oxygen atoms in total. The summed E-state index contributed by atoms with van der Waals surface area (Å²) in [7, 11) is -5.03. The largest absolute Gasteiger partial charge is 0.489 e. The second kappa shape index (κ2) is 14.9. The number of nitrogens with two attached hydrogens (primary N) is 3. The van der Waals surface area contributed by atoms with E-state index in [1.165, 1.54) is 23.7 Å². The van der Waals surface area contributed by atoms with Crippen LogP contribution in [0, 0.1) is 5.41 Å². The highest BCUT2D eigenvalue weighted by Crippen LogP contribution is 2.25. The number of thiazole rings is 1. The maximum absolute atomic E-state index is 13.4. The molecule has 252 valence electrons. The zero-order valence-corrected chi connectivity index (χ0v) is 25.8. The van der Waals surface area contributed by atoms with Crippen LogP contribution in [-0.2, 0) is 42.6 Å². The van der Waals surface area contributed by atoms with E-state index in [0.29, 0.717) is 24.3 Å². The Morgan fingerprint density at radius 1 is 1.23 bits per heavy atom. The number of nitrogen functional groups attached to an aromatic ring is 1. The van der Waals surface area contributed by atoms with E-state index in [-0.39, 0.29) is 39.8 Å². The number of oxime groups is 1. The molecular formula is C24H30N12O9S2. The molecule has 1 fully saturated rings. The van der Waals surface area contributed by atoms with Gasteiger partial charge in [0.25, 0.3) is 17.9 Å². The molecule has 0 aliphatic carbocycles. The number of hydrogen-bond donors (Lipinski definition) is 8. The number of carbonyl (C=O) groups is 3. The van der Waals surface area contributed by atoms with E-state index in [1.54, 1.807) is 12.1 Å². The summed E-state index contributed by atoms with van der Waals surface area (Å²) < 4.78 is 39.0. The minimum atomic E-state index is -5.03. The van der Waals surface area contributed by atoms with Gasteiger partial charge in [-0.1, -0.05) is 5.16 Å². The highest BCUT2D eigenvalue weighted by atomic mass is 32.2. The third-order valence-electron chi connectivity index (χ3n) is 6.36. The number of nitrogens with zero attached hydrogens (tertiary/aromatic N) is 6. The molecule has 0 saturated carbocycles. The Labute approximate surface area is 270 Å². The maximum Gasteiger partial charge on any atom is 0.362 e. The number of carboxylic acid groups (broad SMARTS) is 1. The van der Waals surface area contributed by atoms with E-state index >= 15 is 0 Å². The first kappa shape index (κ1) is 34.6. The minimum Gasteiger partial charge on any atom is -0.489 e. The van der Waals surface area contributed by atoms with E-state index in [9.17, 15) is 32.5 Å². The van der Waals surface area contributed by atoms with Crippen LogP contribution in [0.4, 0.5) is 5.13 Å². The fraction of sp³-hybridized carbons (Fsp3) is 0.333. The molecule has 23 heteroatoms. The Bertz CT molecular complexity index is 1760. The van der Waals surface area contributed by atoms with E-state index in [4.69, 9.17) is 32.2 Å². The number of benzene rings is 1. The number of ether oxygens (including phenoxy) is 1. The number of anilines is 1. The lowest BCUT2D eigenvalue weighted by molar-refractivity contribution is -0.152. The van der Waals surface area contributed by atoms with Crippen LogP contribution in [0.5, 0.6) is 5.75 Å². The molecular weight excluding hydrogens is 664 g/mol. The number of β-lactam (4-membered cyclic amide) rings is 1. The van der Waals surface area contributed by atoms with Crippen molar-refractivity contribution in [2.75, 3.05) is 25.4 Å². The van der Waals surface area contributed by atoms with Crippen LogP contribution in [0.25, 0.3) is 0 Å². The lowest BCUT2D eigenvalue weighted by Gasteiger charge is -2.43. The zero-order chi connectivity index (χ0) is 34.3. The topological polar surface area (TPSA) is 329 Å². The number of amides is 2. The Hall–Kier alpha value is -5.23. The first-order valence-electron chi connectivity index (χ1n) is 13.5. The van der Waals surface area contributed by atoms with E-state index in [0.717, 1.165) is 16.1 Å². The van der Waals surface area contributed by atoms with Gasteiger partial charge in [0.05, 0.1) is 18.4 Å². The standard InChI is InChI=1S/C24H30N12O9S2/c25-5-6-29-20(27)12-1-3-14(4-2-12)44-10-17(23(39)40)45-34-18(15-11-46-24(28)31-15)21(37)32-19-16(36(22(19)38)47(41,42)43)9-35-30-8-13(7-26)33-35/h1-4,8,11,16-17,19H,5-7,9-10,25-26H2,(H2,27,29)(H2,28,31)(H,32,37)(H,39,40)(H,41,42,43)/b34-18-/t16-,17-,19?/m0/s1. The number of carboxylic acids is 1. The lowest BCUT2D eigenvalue weighted by Crippen LogP contribution is -2.73. The predicted molar refractivity (Wildman–Crippen MR) is 163 cm³/mol. The summed E-state index contributed by atoms with van der Waals surface area (Å²) in [5, 5.41) is 35.8. The van der Waals surface area contributed by atoms with Gasteiger partial charge in [-0.2, -0.15) is 23.4 Å². The van der Waals surface area contributed by atoms with E-state index in [1.807, 2.05) is 0 Å². The van der Waals surface area contributed by atoms with Crippen LogP contribution in [0.2, 0.25) is 0 Å². The van der Waals surface area contributed by atoms with Crippen LogP contribution in [0.1, 0.15) is 17.0 Å². The van der Waals surface area contributed by atoms with Gasteiger partial charge in [-0.25, -0.2) is 14.1 Å². The molecule has 1 aliphatic rings. The SMILES string of the molecule is N=C(NCCN)c1ccc(OC[C@H](O/N=C(\C(=O)NC2C(=O)N(S(=O)(=O)O)[C@H]2Cn2ncc(CN)n2)c2csc(N)n2)C(=O)O)cc1. The van der Waals surface area contributed by atoms with Crippen molar-refractivity contribution in [3.8, 4) is 5.75 Å². The molecule has 47 heavy (non-hydrogen) atoms. The van der Waals surface area contributed by atoms with Crippen molar-refractivity contribution in [3.05, 3.63) is 52.8 Å². The molecule has 1 saturated heterocycles. The molecule has 1 aromatic carbocycles. The van der Waals surface area contributed by atoms with Crippen molar-refractivity contribution in [2.24, 2.45) is 16.6 Å². The Morgan fingerprint density at radius 2 is 1.96 bits per heavy atom. The van der Waals surface area contributed by atoms with Crippen LogP contribution < -0.4 is 32.6 Å². The van der Waals surface area contributed by atoms with Crippen molar-refractivity contribution in [2.45, 2.75) is 31.3 Å². The number of amidine groups is 1. The van der Waals surface area contributed by atoms with Gasteiger partial charge in [0, 0.05) is 30.6 Å². The number of aliphatic carboxylic acids is 1. The highest BCUT2D eigenvalue weighted by Gasteiger charge is 2.54. The van der Waals surface area contributed by atoms with Crippen LogP contribution in [-0.4, -0.2) is 110 Å². The van der Waals surface area contributed by atoms with Crippen LogP contribution >= 0.6 is 11.3 Å². The Kier molecular flexibility index (Phi) is 11.0. The van der Waals surface area contributed by atoms with Gasteiger partial charge < -0.3 is 42.5 Å². The molecule has 0 bridgehead atoms. The van der Waals surface area contributed by atoms with Crippen LogP contribution in [0.3, 0.4) is 0 Å². The molecule has 3 heterocycles. The molecule has 3 atom stereocenters. The average Bonchev–Trinajstić information content (AvgIpc) is 3.68. The number of aromatic nitrogens is 4. The fourth-order valence-corrected chi connectivity index (χ4v) is 5.50. The molecule has 0 spiro atoms. The molecule has 1 aliphatic heterocycles. The summed E-state index contributed by atoms with van der Waals surface area (Å²) in [6.45, 7) is -0.164. The van der Waals surface area contributed by atoms with Crippen molar-refractivity contribution < 1.29 is 42.0 Å². The minimum absolute atomic E-state index is 0.0176. The van der Waals surface area contributed by atoms with Gasteiger partial charge in [0.1, 0.15) is 36.0 Å². The van der Waals surface area contributed by atoms with Gasteiger partial charge in [-0.3, -0.25) is 19.6 Å². The molecule has 1 unspecified atom stereocenters. The van der Waals surface area contributed by atoms with Gasteiger partial charge in [0.2, 0.25) is 0 Å². The van der Waals surface area contributed by atoms with Gasteiger partial charge in [0.15, 0.2) is 10.8 Å². The molecule has 2 amide bonds. The van der Waals surface area contributed by atoms with Gasteiger partial charge in [-0.15, -0.1) is 11.3 Å². The maximum atomic E-state index is 13.4. The zero-order valence-electron chi connectivity index (χ0n) is 24.2. The average molecular weight is 695 g/mol. The second-order valence-corrected chi connectivity index (χ2v) is 11.8. The summed E-state index contributed by atoms with van der Waals surface area (Å²) in [6, 6.07) is 3.27. The Balaban J connectivity index is 1.50. The number of hydrogen-bond acceptors (Lipinski definition) is 16. The summed E-state index contributed by atoms with van der Waals surface area (Å²) in [4.78, 5) is 48.2. The predicted octanol–water partition coefficient (Wildman–Crippen LogP) is -2.90. The smallest absolute Gasteiger partial charge is 0.362 e. The summed E-state index contributed by atoms with van der Waals surface area (Å²) in [5.74, 6) is -3.42. The summed E-state index contributed by atoms with van der Waals surface area (Å²) in [6.07, 6.45) is -0.430. The highest BCUT2D eigenvalue weighted by molar-refractivity contribution is 7.84. The quantitative estimate of drug-likeness (QED) is 0.0245. The summed E-state index contributed by atoms with van der Waals surface area (Å²) >= 11 is 0.921. The number of carbonyl (C=O) groups excluding carboxylic acids is 2. The molecule has 11 N–H and O–H groups in total. The molecule has 0 radical (unpaired) electrons. The van der Waals surface area contributed by atoms with E-state index in [2.05, 4.69) is 31.0 Å². The van der Waals surface area contributed by atoms with Crippen molar-refractivity contribution in [1.82, 2.24) is 34.9 Å². The molecule has 3 aromatic rings.